The van der Waals surface area contributed by atoms with Crippen LogP contribution in [0.15, 0.2) is 24.3 Å². The average molecular weight is 356 g/mol. The molecule has 1 N–H and O–H groups in total. The molecule has 25 heavy (non-hydrogen) atoms. The minimum Gasteiger partial charge on any atom is -0.321 e. The first-order valence-electron chi connectivity index (χ1n) is 8.45. The van der Waals surface area contributed by atoms with Crippen LogP contribution in [0.4, 0.5) is 5.69 Å². The fraction of sp³-hybridized carbons (Fsp3) is 0.421. The van der Waals surface area contributed by atoms with Gasteiger partial charge in [0.15, 0.2) is 0 Å². The van der Waals surface area contributed by atoms with Crippen molar-refractivity contribution in [2.24, 2.45) is 0 Å². The second-order valence-corrected chi connectivity index (χ2v) is 8.61. The molecule has 132 valence electrons. The van der Waals surface area contributed by atoms with E-state index in [1.807, 2.05) is 23.5 Å². The number of carbonyl (C=O) groups excluding carboxylic acids is 1. The number of nitrogens with one attached hydrogen (secondary N) is 1. The first kappa shape index (κ1) is 17.6. The van der Waals surface area contributed by atoms with Crippen LogP contribution in [0.1, 0.15) is 67.3 Å². The third-order valence-corrected chi connectivity index (χ3v) is 5.38. The number of nitrogens with zero attached hydrogens (tertiary/aromatic N) is 3. The quantitative estimate of drug-likeness (QED) is 0.735. The molecule has 0 aliphatic carbocycles. The summed E-state index contributed by atoms with van der Waals surface area (Å²) >= 11 is 1.37. The highest BCUT2D eigenvalue weighted by molar-refractivity contribution is 7.19. The number of thiazole rings is 1. The highest BCUT2D eigenvalue weighted by atomic mass is 32.1. The van der Waals surface area contributed by atoms with E-state index in [-0.39, 0.29) is 17.2 Å². The van der Waals surface area contributed by atoms with Crippen molar-refractivity contribution < 1.29 is 4.79 Å². The monoisotopic (exact) mass is 356 g/mol. The topological polar surface area (TPSA) is 59.3 Å². The molecular formula is C19H24N4OS. The van der Waals surface area contributed by atoms with Gasteiger partial charge in [-0.3, -0.25) is 9.20 Å². The fourth-order valence-corrected chi connectivity index (χ4v) is 3.72. The maximum absolute atomic E-state index is 12.7. The van der Waals surface area contributed by atoms with Crippen molar-refractivity contribution in [1.82, 2.24) is 14.6 Å². The molecule has 1 amide bonds. The maximum Gasteiger partial charge on any atom is 0.267 e. The van der Waals surface area contributed by atoms with E-state index in [4.69, 9.17) is 0 Å². The van der Waals surface area contributed by atoms with Crippen LogP contribution in [-0.2, 0) is 5.41 Å². The molecule has 1 aromatic carbocycles. The minimum absolute atomic E-state index is 0.0956. The molecule has 0 fully saturated rings. The maximum atomic E-state index is 12.7. The molecule has 0 aliphatic rings. The van der Waals surface area contributed by atoms with Gasteiger partial charge in [-0.1, -0.05) is 58.1 Å². The van der Waals surface area contributed by atoms with Crippen molar-refractivity contribution in [2.45, 2.75) is 52.9 Å². The molecule has 6 heteroatoms. The van der Waals surface area contributed by atoms with Crippen molar-refractivity contribution in [2.75, 3.05) is 5.32 Å². The summed E-state index contributed by atoms with van der Waals surface area (Å²) in [6, 6.07) is 8.02. The van der Waals surface area contributed by atoms with E-state index in [1.165, 1.54) is 16.9 Å². The van der Waals surface area contributed by atoms with Gasteiger partial charge in [0.2, 0.25) is 4.96 Å². The zero-order valence-electron chi connectivity index (χ0n) is 15.5. The Morgan fingerprint density at radius 2 is 1.80 bits per heavy atom. The van der Waals surface area contributed by atoms with Crippen LogP contribution < -0.4 is 5.32 Å². The summed E-state index contributed by atoms with van der Waals surface area (Å²) in [5.74, 6) is 1.03. The lowest BCUT2D eigenvalue weighted by Gasteiger charge is -2.19. The minimum atomic E-state index is -0.105. The second-order valence-electron chi connectivity index (χ2n) is 7.63. The van der Waals surface area contributed by atoms with Gasteiger partial charge < -0.3 is 5.32 Å². The van der Waals surface area contributed by atoms with Crippen molar-refractivity contribution in [3.63, 3.8) is 0 Å². The van der Waals surface area contributed by atoms with Crippen LogP contribution in [0, 0.1) is 6.92 Å². The fourth-order valence-electron chi connectivity index (χ4n) is 2.76. The van der Waals surface area contributed by atoms with E-state index >= 15 is 0 Å². The molecule has 0 atom stereocenters. The number of aromatic nitrogens is 3. The van der Waals surface area contributed by atoms with Gasteiger partial charge in [-0.05, 0) is 30.0 Å². The molecule has 0 unspecified atom stereocenters. The predicted octanol–water partition coefficient (Wildman–Crippen LogP) is 4.77. The van der Waals surface area contributed by atoms with Crippen LogP contribution in [0.2, 0.25) is 0 Å². The number of hydrogen-bond donors (Lipinski definition) is 1. The van der Waals surface area contributed by atoms with Crippen molar-refractivity contribution in [3.05, 3.63) is 46.2 Å². The van der Waals surface area contributed by atoms with Crippen molar-refractivity contribution in [3.8, 4) is 0 Å². The Kier molecular flexibility index (Phi) is 4.41. The number of anilines is 1. The number of amides is 1. The van der Waals surface area contributed by atoms with Gasteiger partial charge >= 0.3 is 0 Å². The van der Waals surface area contributed by atoms with Crippen LogP contribution in [0.25, 0.3) is 4.96 Å². The summed E-state index contributed by atoms with van der Waals surface area (Å²) in [7, 11) is 0. The van der Waals surface area contributed by atoms with E-state index in [1.54, 1.807) is 0 Å². The standard InChI is InChI=1S/C19H24N4OS/c1-11(2)16-21-22-18-23(16)12(3)15(25-18)17(24)20-14-9-7-13(8-10-14)19(4,5)6/h7-11H,1-6H3,(H,20,24). The third-order valence-electron chi connectivity index (χ3n) is 4.25. The Labute approximate surface area is 152 Å². The molecule has 0 radical (unpaired) electrons. The molecule has 0 spiro atoms. The molecule has 0 saturated carbocycles. The van der Waals surface area contributed by atoms with Gasteiger partial charge in [0.1, 0.15) is 10.7 Å². The SMILES string of the molecule is Cc1c(C(=O)Nc2ccc(C(C)(C)C)cc2)sc2nnc(C(C)C)n12. The molecule has 3 aromatic rings. The molecule has 0 saturated heterocycles. The zero-order valence-corrected chi connectivity index (χ0v) is 16.4. The molecule has 5 nitrogen and oxygen atoms in total. The van der Waals surface area contributed by atoms with E-state index in [2.05, 4.69) is 62.3 Å². The van der Waals surface area contributed by atoms with E-state index < -0.39 is 0 Å². The lowest BCUT2D eigenvalue weighted by Crippen LogP contribution is -2.14. The van der Waals surface area contributed by atoms with Crippen molar-refractivity contribution >= 4 is 27.9 Å². The second kappa shape index (κ2) is 6.26. The summed E-state index contributed by atoms with van der Waals surface area (Å²) < 4.78 is 1.98. The largest absolute Gasteiger partial charge is 0.321 e. The molecule has 0 bridgehead atoms. The Morgan fingerprint density at radius 3 is 2.36 bits per heavy atom. The molecule has 2 heterocycles. The van der Waals surface area contributed by atoms with E-state index in [0.29, 0.717) is 4.88 Å². The molecule has 3 rings (SSSR count). The first-order valence-corrected chi connectivity index (χ1v) is 9.26. The Bertz CT molecular complexity index is 913. The van der Waals surface area contributed by atoms with Crippen LogP contribution >= 0.6 is 11.3 Å². The first-order chi connectivity index (χ1) is 11.7. The number of carbonyl (C=O) groups is 1. The lowest BCUT2D eigenvalue weighted by atomic mass is 9.87. The van der Waals surface area contributed by atoms with Crippen LogP contribution in [0.3, 0.4) is 0 Å². The average Bonchev–Trinajstić information content (AvgIpc) is 3.07. The van der Waals surface area contributed by atoms with E-state index in [0.717, 1.165) is 22.2 Å². The summed E-state index contributed by atoms with van der Waals surface area (Å²) in [5.41, 5.74) is 3.02. The van der Waals surface area contributed by atoms with Gasteiger partial charge in [-0.25, -0.2) is 0 Å². The Hall–Kier alpha value is -2.21. The van der Waals surface area contributed by atoms with E-state index in [9.17, 15) is 4.79 Å². The highest BCUT2D eigenvalue weighted by Gasteiger charge is 2.21. The highest BCUT2D eigenvalue weighted by Crippen LogP contribution is 2.27. The molecule has 2 aromatic heterocycles. The molecular weight excluding hydrogens is 332 g/mol. The van der Waals surface area contributed by atoms with Gasteiger partial charge in [0.25, 0.3) is 5.91 Å². The summed E-state index contributed by atoms with van der Waals surface area (Å²) in [6.07, 6.45) is 0. The normalized spacial score (nSPS) is 12.1. The van der Waals surface area contributed by atoms with Gasteiger partial charge in [0.05, 0.1) is 0 Å². The molecule has 0 aliphatic heterocycles. The van der Waals surface area contributed by atoms with Gasteiger partial charge in [0, 0.05) is 17.3 Å². The third kappa shape index (κ3) is 3.31. The summed E-state index contributed by atoms with van der Waals surface area (Å²) in [4.78, 5) is 14.1. The number of benzene rings is 1. The number of rotatable bonds is 3. The number of fused-ring (bicyclic) bond motifs is 1. The van der Waals surface area contributed by atoms with Crippen molar-refractivity contribution in [1.29, 1.82) is 0 Å². The Balaban J connectivity index is 1.86. The van der Waals surface area contributed by atoms with Gasteiger partial charge in [-0.15, -0.1) is 10.2 Å². The summed E-state index contributed by atoms with van der Waals surface area (Å²) in [6.45, 7) is 12.6. The van der Waals surface area contributed by atoms with Crippen LogP contribution in [0.5, 0.6) is 0 Å². The summed E-state index contributed by atoms with van der Waals surface area (Å²) in [5, 5.41) is 11.4. The zero-order chi connectivity index (χ0) is 18.4. The van der Waals surface area contributed by atoms with Crippen LogP contribution in [-0.4, -0.2) is 20.5 Å². The number of hydrogen-bond acceptors (Lipinski definition) is 4. The number of aryl methyl sites for hydroxylation is 1. The predicted molar refractivity (Wildman–Crippen MR) is 103 cm³/mol. The lowest BCUT2D eigenvalue weighted by molar-refractivity contribution is 0.102. The van der Waals surface area contributed by atoms with Gasteiger partial charge in [-0.2, -0.15) is 0 Å². The Morgan fingerprint density at radius 1 is 1.16 bits per heavy atom. The smallest absolute Gasteiger partial charge is 0.267 e.